The Morgan fingerprint density at radius 3 is 2.24 bits per heavy atom. The second-order valence-corrected chi connectivity index (χ2v) is 7.20. The average molecular weight is 393 g/mol. The number of carbonyl (C=O) groups excluding carboxylic acids is 1. The van der Waals surface area contributed by atoms with Crippen LogP contribution in [-0.4, -0.2) is 14.3 Å². The Bertz CT molecular complexity index is 897. The van der Waals surface area contributed by atoms with Crippen LogP contribution in [0.1, 0.15) is 21.5 Å². The van der Waals surface area contributed by atoms with Crippen LogP contribution < -0.4 is 10.5 Å². The van der Waals surface area contributed by atoms with Crippen LogP contribution >= 0.6 is 11.6 Å². The predicted molar refractivity (Wildman–Crippen MR) is 85.4 cm³/mol. The molecule has 0 aliphatic heterocycles. The van der Waals surface area contributed by atoms with Crippen molar-refractivity contribution in [2.24, 2.45) is 5.73 Å². The van der Waals surface area contributed by atoms with Gasteiger partial charge in [0.15, 0.2) is 0 Å². The van der Waals surface area contributed by atoms with E-state index in [1.165, 1.54) is 24.3 Å². The normalized spacial score (nSPS) is 12.2. The summed E-state index contributed by atoms with van der Waals surface area (Å²) in [6.07, 6.45) is -4.77. The van der Waals surface area contributed by atoms with Gasteiger partial charge in [-0.2, -0.15) is 13.2 Å². The smallest absolute Gasteiger partial charge is 0.366 e. The maximum absolute atomic E-state index is 12.8. The van der Waals surface area contributed by atoms with E-state index >= 15 is 0 Å². The van der Waals surface area contributed by atoms with Gasteiger partial charge < -0.3 is 5.73 Å². The van der Waals surface area contributed by atoms with Crippen molar-refractivity contribution in [1.82, 2.24) is 4.72 Å². The zero-order valence-electron chi connectivity index (χ0n) is 12.5. The highest BCUT2D eigenvalue weighted by atomic mass is 35.5. The zero-order chi connectivity index (χ0) is 18.8. The van der Waals surface area contributed by atoms with E-state index in [1.54, 1.807) is 0 Å². The first kappa shape index (κ1) is 19.2. The summed E-state index contributed by atoms with van der Waals surface area (Å²) in [6.45, 7) is -0.175. The number of primary amides is 1. The van der Waals surface area contributed by atoms with Crippen LogP contribution in [0.3, 0.4) is 0 Å². The summed E-state index contributed by atoms with van der Waals surface area (Å²) in [5.41, 5.74) is 4.61. The molecular formula is C15H12ClF3N2O3S. The molecule has 134 valence electrons. The van der Waals surface area contributed by atoms with E-state index in [1.807, 2.05) is 0 Å². The standard InChI is InChI=1S/C15H12ClF3N2O3S/c16-13-6-5-11(7-12(13)15(17,18)19)25(23,24)21-8-9-1-3-10(4-2-9)14(20)22/h1-7,21H,8H2,(H2,20,22). The van der Waals surface area contributed by atoms with Crippen LogP contribution in [0.25, 0.3) is 0 Å². The molecule has 0 spiro atoms. The molecular weight excluding hydrogens is 381 g/mol. The van der Waals surface area contributed by atoms with Gasteiger partial charge in [0.1, 0.15) is 0 Å². The van der Waals surface area contributed by atoms with E-state index in [-0.39, 0.29) is 12.1 Å². The lowest BCUT2D eigenvalue weighted by atomic mass is 10.1. The Kier molecular flexibility index (Phi) is 5.40. The van der Waals surface area contributed by atoms with Gasteiger partial charge in [-0.1, -0.05) is 23.7 Å². The van der Waals surface area contributed by atoms with Crippen LogP contribution in [0.5, 0.6) is 0 Å². The second-order valence-electron chi connectivity index (χ2n) is 5.03. The molecule has 0 heterocycles. The van der Waals surface area contributed by atoms with E-state index in [4.69, 9.17) is 17.3 Å². The molecule has 0 radical (unpaired) electrons. The first-order valence-corrected chi connectivity index (χ1v) is 8.62. The first-order chi connectivity index (χ1) is 11.5. The number of alkyl halides is 3. The molecule has 5 nitrogen and oxygen atoms in total. The largest absolute Gasteiger partial charge is 0.417 e. The summed E-state index contributed by atoms with van der Waals surface area (Å²) in [5, 5.41) is -0.589. The molecule has 0 bridgehead atoms. The Balaban J connectivity index is 2.20. The highest BCUT2D eigenvalue weighted by Crippen LogP contribution is 2.35. The van der Waals surface area contributed by atoms with Gasteiger partial charge in [0, 0.05) is 12.1 Å². The number of halogens is 4. The van der Waals surface area contributed by atoms with E-state index in [9.17, 15) is 26.4 Å². The van der Waals surface area contributed by atoms with Crippen molar-refractivity contribution in [3.8, 4) is 0 Å². The molecule has 10 heteroatoms. The van der Waals surface area contributed by atoms with Crippen LogP contribution in [-0.2, 0) is 22.7 Å². The maximum atomic E-state index is 12.8. The average Bonchev–Trinajstić information content (AvgIpc) is 2.52. The van der Waals surface area contributed by atoms with Gasteiger partial charge in [0.2, 0.25) is 15.9 Å². The quantitative estimate of drug-likeness (QED) is 0.819. The maximum Gasteiger partial charge on any atom is 0.417 e. The fourth-order valence-corrected chi connectivity index (χ4v) is 3.21. The monoisotopic (exact) mass is 392 g/mol. The molecule has 0 aliphatic carbocycles. The highest BCUT2D eigenvalue weighted by Gasteiger charge is 2.34. The fourth-order valence-electron chi connectivity index (χ4n) is 1.94. The molecule has 0 atom stereocenters. The van der Waals surface area contributed by atoms with Crippen molar-refractivity contribution in [2.45, 2.75) is 17.6 Å². The third kappa shape index (κ3) is 4.71. The van der Waals surface area contributed by atoms with E-state index in [0.717, 1.165) is 12.1 Å². The Labute approximate surface area is 146 Å². The summed E-state index contributed by atoms with van der Waals surface area (Å²) in [5.74, 6) is -0.632. The van der Waals surface area contributed by atoms with Crippen molar-refractivity contribution >= 4 is 27.5 Å². The Morgan fingerprint density at radius 1 is 1.12 bits per heavy atom. The lowest BCUT2D eigenvalue weighted by Gasteiger charge is -2.12. The molecule has 0 saturated carbocycles. The minimum Gasteiger partial charge on any atom is -0.366 e. The van der Waals surface area contributed by atoms with Gasteiger partial charge in [-0.25, -0.2) is 13.1 Å². The van der Waals surface area contributed by atoms with E-state index in [0.29, 0.717) is 11.6 Å². The summed E-state index contributed by atoms with van der Waals surface area (Å²) < 4.78 is 65.0. The van der Waals surface area contributed by atoms with Gasteiger partial charge >= 0.3 is 6.18 Å². The van der Waals surface area contributed by atoms with Gasteiger partial charge in [0.25, 0.3) is 0 Å². The SMILES string of the molecule is NC(=O)c1ccc(CNS(=O)(=O)c2ccc(Cl)c(C(F)(F)F)c2)cc1. The number of hydrogen-bond donors (Lipinski definition) is 2. The van der Waals surface area contributed by atoms with Gasteiger partial charge in [-0.3, -0.25) is 4.79 Å². The minimum atomic E-state index is -4.77. The summed E-state index contributed by atoms with van der Waals surface area (Å²) in [6, 6.07) is 8.11. The second kappa shape index (κ2) is 7.03. The summed E-state index contributed by atoms with van der Waals surface area (Å²) >= 11 is 5.47. The third-order valence-electron chi connectivity index (χ3n) is 3.26. The highest BCUT2D eigenvalue weighted by molar-refractivity contribution is 7.89. The van der Waals surface area contributed by atoms with Crippen LogP contribution in [0.4, 0.5) is 13.2 Å². The molecule has 0 unspecified atom stereocenters. The van der Waals surface area contributed by atoms with E-state index < -0.39 is 37.6 Å². The van der Waals surface area contributed by atoms with Crippen molar-refractivity contribution in [3.63, 3.8) is 0 Å². The minimum absolute atomic E-state index is 0.175. The number of nitrogens with two attached hydrogens (primary N) is 1. The van der Waals surface area contributed by atoms with Crippen LogP contribution in [0.2, 0.25) is 5.02 Å². The molecule has 1 amide bonds. The third-order valence-corrected chi connectivity index (χ3v) is 4.99. The number of amides is 1. The van der Waals surface area contributed by atoms with E-state index in [2.05, 4.69) is 4.72 Å². The molecule has 0 saturated heterocycles. The van der Waals surface area contributed by atoms with Crippen molar-refractivity contribution in [2.75, 3.05) is 0 Å². The summed E-state index contributed by atoms with van der Waals surface area (Å²) in [7, 11) is -4.18. The molecule has 2 aromatic rings. The zero-order valence-corrected chi connectivity index (χ0v) is 14.0. The van der Waals surface area contributed by atoms with Crippen LogP contribution in [0, 0.1) is 0 Å². The Hall–Kier alpha value is -2.10. The first-order valence-electron chi connectivity index (χ1n) is 6.76. The molecule has 2 aromatic carbocycles. The number of rotatable bonds is 5. The summed E-state index contributed by atoms with van der Waals surface area (Å²) in [4.78, 5) is 10.4. The fraction of sp³-hybridized carbons (Fsp3) is 0.133. The Morgan fingerprint density at radius 2 is 1.72 bits per heavy atom. The molecule has 0 aromatic heterocycles. The van der Waals surface area contributed by atoms with Gasteiger partial charge in [-0.15, -0.1) is 0 Å². The van der Waals surface area contributed by atoms with Crippen molar-refractivity contribution in [1.29, 1.82) is 0 Å². The molecule has 0 fully saturated rings. The van der Waals surface area contributed by atoms with Crippen molar-refractivity contribution < 1.29 is 26.4 Å². The van der Waals surface area contributed by atoms with Gasteiger partial charge in [0.05, 0.1) is 15.5 Å². The van der Waals surface area contributed by atoms with Crippen LogP contribution in [0.15, 0.2) is 47.4 Å². The lowest BCUT2D eigenvalue weighted by Crippen LogP contribution is -2.24. The molecule has 2 rings (SSSR count). The molecule has 0 aliphatic rings. The topological polar surface area (TPSA) is 89.3 Å². The molecule has 3 N–H and O–H groups in total. The lowest BCUT2D eigenvalue weighted by molar-refractivity contribution is -0.137. The van der Waals surface area contributed by atoms with Gasteiger partial charge in [-0.05, 0) is 35.9 Å². The number of benzene rings is 2. The number of sulfonamides is 1. The molecule has 25 heavy (non-hydrogen) atoms. The number of nitrogens with one attached hydrogen (secondary N) is 1. The predicted octanol–water partition coefficient (Wildman–Crippen LogP) is 2.94. The number of carbonyl (C=O) groups is 1. The number of hydrogen-bond acceptors (Lipinski definition) is 3. The van der Waals surface area contributed by atoms with Crippen molar-refractivity contribution in [3.05, 3.63) is 64.2 Å².